The second-order valence-corrected chi connectivity index (χ2v) is 6.19. The molecule has 2 nitrogen and oxygen atoms in total. The van der Waals surface area contributed by atoms with Gasteiger partial charge in [0.2, 0.25) is 0 Å². The van der Waals surface area contributed by atoms with E-state index in [0.29, 0.717) is 6.04 Å². The Morgan fingerprint density at radius 3 is 2.94 bits per heavy atom. The first-order valence-electron chi connectivity index (χ1n) is 6.71. The molecule has 3 heteroatoms. The van der Waals surface area contributed by atoms with Crippen LogP contribution in [0.3, 0.4) is 0 Å². The van der Waals surface area contributed by atoms with Crippen LogP contribution < -0.4 is 5.73 Å². The van der Waals surface area contributed by atoms with Gasteiger partial charge in [-0.15, -0.1) is 11.3 Å². The van der Waals surface area contributed by atoms with Crippen molar-refractivity contribution in [1.82, 2.24) is 4.90 Å². The van der Waals surface area contributed by atoms with Crippen molar-refractivity contribution in [2.45, 2.75) is 45.7 Å². The summed E-state index contributed by atoms with van der Waals surface area (Å²) in [6.45, 7) is 7.64. The zero-order valence-corrected chi connectivity index (χ0v) is 11.8. The van der Waals surface area contributed by atoms with Gasteiger partial charge in [-0.1, -0.05) is 13.3 Å². The molecule has 17 heavy (non-hydrogen) atoms. The number of piperidine rings is 1. The molecule has 0 spiro atoms. The number of rotatable bonds is 4. The third-order valence-corrected chi connectivity index (χ3v) is 5.12. The summed E-state index contributed by atoms with van der Waals surface area (Å²) in [6.07, 6.45) is 3.94. The molecule has 2 atom stereocenters. The molecule has 0 aliphatic carbocycles. The first kappa shape index (κ1) is 13.1. The molecular formula is C14H24N2S. The van der Waals surface area contributed by atoms with Crippen molar-refractivity contribution >= 4 is 11.3 Å². The van der Waals surface area contributed by atoms with Crippen LogP contribution in [0.5, 0.6) is 0 Å². The maximum absolute atomic E-state index is 5.94. The average Bonchev–Trinajstić information content (AvgIpc) is 2.75. The number of hydrogen-bond acceptors (Lipinski definition) is 3. The van der Waals surface area contributed by atoms with Crippen molar-refractivity contribution in [3.05, 3.63) is 21.9 Å². The SMILES string of the molecule is CCC1CCN(Cc2sccc2C)C(CN)C1. The van der Waals surface area contributed by atoms with Gasteiger partial charge >= 0.3 is 0 Å². The number of nitrogens with two attached hydrogens (primary N) is 1. The van der Waals surface area contributed by atoms with E-state index in [2.05, 4.69) is 30.2 Å². The second kappa shape index (κ2) is 5.98. The van der Waals surface area contributed by atoms with Gasteiger partial charge in [0.05, 0.1) is 0 Å². The van der Waals surface area contributed by atoms with Gasteiger partial charge in [0.1, 0.15) is 0 Å². The molecule has 1 aliphatic heterocycles. The molecule has 1 saturated heterocycles. The third-order valence-electron chi connectivity index (χ3n) is 4.11. The van der Waals surface area contributed by atoms with Gasteiger partial charge in [-0.05, 0) is 49.2 Å². The van der Waals surface area contributed by atoms with E-state index < -0.39 is 0 Å². The number of aryl methyl sites for hydroxylation is 1. The summed E-state index contributed by atoms with van der Waals surface area (Å²) in [6, 6.07) is 2.81. The smallest absolute Gasteiger partial charge is 0.0334 e. The third kappa shape index (κ3) is 3.09. The van der Waals surface area contributed by atoms with Crippen LogP contribution in [-0.2, 0) is 6.54 Å². The number of nitrogens with zero attached hydrogens (tertiary/aromatic N) is 1. The number of thiophene rings is 1. The van der Waals surface area contributed by atoms with Crippen molar-refractivity contribution in [2.75, 3.05) is 13.1 Å². The van der Waals surface area contributed by atoms with E-state index in [0.717, 1.165) is 19.0 Å². The second-order valence-electron chi connectivity index (χ2n) is 5.19. The highest BCUT2D eigenvalue weighted by Crippen LogP contribution is 2.28. The van der Waals surface area contributed by atoms with Gasteiger partial charge < -0.3 is 5.73 Å². The van der Waals surface area contributed by atoms with Gasteiger partial charge in [-0.2, -0.15) is 0 Å². The summed E-state index contributed by atoms with van der Waals surface area (Å²) in [4.78, 5) is 4.10. The number of likely N-dealkylation sites (tertiary alicyclic amines) is 1. The van der Waals surface area contributed by atoms with E-state index in [1.54, 1.807) is 0 Å². The van der Waals surface area contributed by atoms with Crippen molar-refractivity contribution in [1.29, 1.82) is 0 Å². The van der Waals surface area contributed by atoms with E-state index in [1.807, 2.05) is 11.3 Å². The molecule has 2 heterocycles. The fourth-order valence-electron chi connectivity index (χ4n) is 2.76. The van der Waals surface area contributed by atoms with E-state index in [-0.39, 0.29) is 0 Å². The summed E-state index contributed by atoms with van der Waals surface area (Å²) in [5.74, 6) is 0.893. The Balaban J connectivity index is 1.98. The van der Waals surface area contributed by atoms with Crippen LogP contribution in [0, 0.1) is 12.8 Å². The predicted molar refractivity (Wildman–Crippen MR) is 75.3 cm³/mol. The van der Waals surface area contributed by atoms with E-state index >= 15 is 0 Å². The first-order chi connectivity index (χ1) is 8.24. The van der Waals surface area contributed by atoms with E-state index in [1.165, 1.54) is 36.2 Å². The lowest BCUT2D eigenvalue weighted by atomic mass is 9.89. The maximum atomic E-state index is 5.94. The molecule has 0 bridgehead atoms. The highest BCUT2D eigenvalue weighted by atomic mass is 32.1. The van der Waals surface area contributed by atoms with Gasteiger partial charge in [0.25, 0.3) is 0 Å². The molecule has 0 radical (unpaired) electrons. The predicted octanol–water partition coefficient (Wildman–Crippen LogP) is 3.01. The Labute approximate surface area is 109 Å². The Morgan fingerprint density at radius 2 is 2.35 bits per heavy atom. The van der Waals surface area contributed by atoms with Crippen molar-refractivity contribution in [3.8, 4) is 0 Å². The minimum Gasteiger partial charge on any atom is -0.329 e. The van der Waals surface area contributed by atoms with Crippen molar-refractivity contribution in [2.24, 2.45) is 11.7 Å². The molecule has 1 aromatic rings. The van der Waals surface area contributed by atoms with Crippen LogP contribution in [-0.4, -0.2) is 24.0 Å². The van der Waals surface area contributed by atoms with Crippen LogP contribution in [0.25, 0.3) is 0 Å². The lowest BCUT2D eigenvalue weighted by molar-refractivity contribution is 0.108. The summed E-state index contributed by atoms with van der Waals surface area (Å²) < 4.78 is 0. The van der Waals surface area contributed by atoms with Crippen molar-refractivity contribution in [3.63, 3.8) is 0 Å². The molecule has 96 valence electrons. The van der Waals surface area contributed by atoms with Crippen LogP contribution >= 0.6 is 11.3 Å². The summed E-state index contributed by atoms with van der Waals surface area (Å²) >= 11 is 1.88. The Morgan fingerprint density at radius 1 is 1.53 bits per heavy atom. The summed E-state index contributed by atoms with van der Waals surface area (Å²) in [5.41, 5.74) is 7.37. The van der Waals surface area contributed by atoms with Crippen LogP contribution in [0.15, 0.2) is 11.4 Å². The molecule has 2 N–H and O–H groups in total. The highest BCUT2D eigenvalue weighted by Gasteiger charge is 2.26. The fourth-order valence-corrected chi connectivity index (χ4v) is 3.69. The molecule has 1 aliphatic rings. The van der Waals surface area contributed by atoms with Crippen molar-refractivity contribution < 1.29 is 0 Å². The molecule has 2 unspecified atom stereocenters. The Bertz CT molecular complexity index is 348. The Kier molecular flexibility index (Phi) is 4.60. The molecule has 0 amide bonds. The zero-order valence-electron chi connectivity index (χ0n) is 11.0. The standard InChI is InChI=1S/C14H24N2S/c1-3-12-4-6-16(13(8-12)9-15)10-14-11(2)5-7-17-14/h5,7,12-13H,3-4,6,8-10,15H2,1-2H3. The van der Waals surface area contributed by atoms with E-state index in [9.17, 15) is 0 Å². The Hall–Kier alpha value is -0.380. The highest BCUT2D eigenvalue weighted by molar-refractivity contribution is 7.10. The monoisotopic (exact) mass is 252 g/mol. The fraction of sp³-hybridized carbons (Fsp3) is 0.714. The average molecular weight is 252 g/mol. The first-order valence-corrected chi connectivity index (χ1v) is 7.59. The summed E-state index contributed by atoms with van der Waals surface area (Å²) in [5, 5.41) is 2.20. The van der Waals surface area contributed by atoms with Crippen LogP contribution in [0.4, 0.5) is 0 Å². The molecule has 2 rings (SSSR count). The minimum absolute atomic E-state index is 0.593. The maximum Gasteiger partial charge on any atom is 0.0334 e. The van der Waals surface area contributed by atoms with Crippen LogP contribution in [0.2, 0.25) is 0 Å². The van der Waals surface area contributed by atoms with Gasteiger partial charge in [0, 0.05) is 24.0 Å². The van der Waals surface area contributed by atoms with Gasteiger partial charge in [0.15, 0.2) is 0 Å². The zero-order chi connectivity index (χ0) is 12.3. The lowest BCUT2D eigenvalue weighted by Gasteiger charge is -2.38. The minimum atomic E-state index is 0.593. The quantitative estimate of drug-likeness (QED) is 0.892. The molecule has 1 fully saturated rings. The van der Waals surface area contributed by atoms with E-state index in [4.69, 9.17) is 5.73 Å². The van der Waals surface area contributed by atoms with Gasteiger partial charge in [-0.25, -0.2) is 0 Å². The molecule has 1 aromatic heterocycles. The summed E-state index contributed by atoms with van der Waals surface area (Å²) in [7, 11) is 0. The lowest BCUT2D eigenvalue weighted by Crippen LogP contribution is -2.45. The van der Waals surface area contributed by atoms with Gasteiger partial charge in [-0.3, -0.25) is 4.90 Å². The molecule has 0 saturated carbocycles. The molecule has 0 aromatic carbocycles. The topological polar surface area (TPSA) is 29.3 Å². The van der Waals surface area contributed by atoms with Crippen LogP contribution in [0.1, 0.15) is 36.6 Å². The largest absolute Gasteiger partial charge is 0.329 e. The number of hydrogen-bond donors (Lipinski definition) is 1. The normalized spacial score (nSPS) is 26.3. The molecular weight excluding hydrogens is 228 g/mol.